The van der Waals surface area contributed by atoms with E-state index in [4.69, 9.17) is 11.6 Å². The van der Waals surface area contributed by atoms with Crippen LogP contribution in [0.2, 0.25) is 0 Å². The first kappa shape index (κ1) is 12.6. The van der Waals surface area contributed by atoms with Gasteiger partial charge in [-0.3, -0.25) is 0 Å². The van der Waals surface area contributed by atoms with Crippen LogP contribution >= 0.6 is 11.6 Å². The molecule has 1 heteroatoms. The first-order valence-corrected chi connectivity index (χ1v) is 6.21. The Bertz CT molecular complexity index is 315. The average Bonchev–Trinajstić information content (AvgIpc) is 2.18. The van der Waals surface area contributed by atoms with Gasteiger partial charge >= 0.3 is 0 Å². The zero-order valence-corrected chi connectivity index (χ0v) is 10.9. The van der Waals surface area contributed by atoms with E-state index in [-0.39, 0.29) is 0 Å². The molecule has 0 amide bonds. The number of alkyl halides is 1. The molecule has 0 fully saturated rings. The first-order chi connectivity index (χ1) is 7.04. The van der Waals surface area contributed by atoms with Crippen molar-refractivity contribution in [1.82, 2.24) is 0 Å². The molecule has 0 heterocycles. The standard InChI is InChI=1S/C14H21Cl/c1-10(2)7-13(9-15)14-8-11(3)5-6-12(14)4/h5-6,8,10,13H,7,9H2,1-4H3. The molecule has 0 aromatic heterocycles. The number of aryl methyl sites for hydroxylation is 2. The molecule has 0 bridgehead atoms. The molecule has 1 aromatic rings. The van der Waals surface area contributed by atoms with E-state index in [1.165, 1.54) is 23.1 Å². The van der Waals surface area contributed by atoms with E-state index in [2.05, 4.69) is 45.9 Å². The lowest BCUT2D eigenvalue weighted by atomic mass is 9.88. The molecule has 0 nitrogen and oxygen atoms in total. The minimum atomic E-state index is 0.506. The van der Waals surface area contributed by atoms with Gasteiger partial charge in [-0.15, -0.1) is 11.6 Å². The van der Waals surface area contributed by atoms with Crippen LogP contribution in [0.25, 0.3) is 0 Å². The molecule has 15 heavy (non-hydrogen) atoms. The van der Waals surface area contributed by atoms with Gasteiger partial charge in [0.1, 0.15) is 0 Å². The fraction of sp³-hybridized carbons (Fsp3) is 0.571. The largest absolute Gasteiger partial charge is 0.126 e. The molecular formula is C14H21Cl. The zero-order valence-electron chi connectivity index (χ0n) is 10.2. The summed E-state index contributed by atoms with van der Waals surface area (Å²) in [4.78, 5) is 0. The number of hydrogen-bond acceptors (Lipinski definition) is 0. The Hall–Kier alpha value is -0.490. The van der Waals surface area contributed by atoms with Gasteiger partial charge < -0.3 is 0 Å². The fourth-order valence-corrected chi connectivity index (χ4v) is 2.33. The number of benzene rings is 1. The van der Waals surface area contributed by atoms with Crippen LogP contribution in [0.15, 0.2) is 18.2 Å². The molecule has 0 radical (unpaired) electrons. The maximum Gasteiger partial charge on any atom is 0.0292 e. The molecule has 0 N–H and O–H groups in total. The van der Waals surface area contributed by atoms with Gasteiger partial charge in [0, 0.05) is 5.88 Å². The van der Waals surface area contributed by atoms with Gasteiger partial charge in [0.05, 0.1) is 0 Å². The molecule has 0 aliphatic rings. The number of halogens is 1. The molecule has 84 valence electrons. The average molecular weight is 225 g/mol. The molecule has 0 aliphatic carbocycles. The van der Waals surface area contributed by atoms with E-state index in [0.717, 1.165) is 5.88 Å². The number of rotatable bonds is 4. The highest BCUT2D eigenvalue weighted by Gasteiger charge is 2.14. The third-order valence-corrected chi connectivity index (χ3v) is 3.19. The van der Waals surface area contributed by atoms with Gasteiger partial charge in [-0.25, -0.2) is 0 Å². The lowest BCUT2D eigenvalue weighted by Crippen LogP contribution is -2.06. The normalized spacial score (nSPS) is 13.2. The predicted octanol–water partition coefficient (Wildman–Crippen LogP) is 4.67. The van der Waals surface area contributed by atoms with Crippen molar-refractivity contribution < 1.29 is 0 Å². The summed E-state index contributed by atoms with van der Waals surface area (Å²) in [5, 5.41) is 0. The summed E-state index contributed by atoms with van der Waals surface area (Å²) in [6.07, 6.45) is 1.17. The van der Waals surface area contributed by atoms with Crippen LogP contribution < -0.4 is 0 Å². The Morgan fingerprint density at radius 1 is 1.20 bits per heavy atom. The minimum Gasteiger partial charge on any atom is -0.126 e. The Morgan fingerprint density at radius 2 is 1.87 bits per heavy atom. The van der Waals surface area contributed by atoms with Gasteiger partial charge in [-0.1, -0.05) is 37.6 Å². The van der Waals surface area contributed by atoms with Crippen molar-refractivity contribution >= 4 is 11.6 Å². The fourth-order valence-electron chi connectivity index (χ4n) is 2.04. The van der Waals surface area contributed by atoms with Crippen molar-refractivity contribution in [3.05, 3.63) is 34.9 Å². The van der Waals surface area contributed by atoms with Gasteiger partial charge in [0.25, 0.3) is 0 Å². The summed E-state index contributed by atoms with van der Waals surface area (Å²) in [5.74, 6) is 1.93. The maximum atomic E-state index is 6.07. The molecule has 1 rings (SSSR count). The number of hydrogen-bond donors (Lipinski definition) is 0. The van der Waals surface area contributed by atoms with Crippen LogP contribution in [-0.2, 0) is 0 Å². The molecule has 1 aromatic carbocycles. The van der Waals surface area contributed by atoms with E-state index in [9.17, 15) is 0 Å². The highest BCUT2D eigenvalue weighted by Crippen LogP contribution is 2.28. The summed E-state index contributed by atoms with van der Waals surface area (Å²) < 4.78 is 0. The Labute approximate surface area is 98.7 Å². The van der Waals surface area contributed by atoms with Crippen LogP contribution in [0.4, 0.5) is 0 Å². The third-order valence-electron chi connectivity index (χ3n) is 2.82. The molecule has 0 aliphatic heterocycles. The molecule has 0 saturated heterocycles. The van der Waals surface area contributed by atoms with E-state index < -0.39 is 0 Å². The summed E-state index contributed by atoms with van der Waals surface area (Å²) in [5.41, 5.74) is 4.13. The van der Waals surface area contributed by atoms with Crippen LogP contribution in [0.1, 0.15) is 42.9 Å². The molecule has 0 spiro atoms. The molecule has 1 unspecified atom stereocenters. The Kier molecular flexibility index (Phi) is 4.66. The van der Waals surface area contributed by atoms with Crippen LogP contribution in [0.5, 0.6) is 0 Å². The van der Waals surface area contributed by atoms with Crippen molar-refractivity contribution in [3.8, 4) is 0 Å². The van der Waals surface area contributed by atoms with Crippen molar-refractivity contribution in [3.63, 3.8) is 0 Å². The second-order valence-corrected chi connectivity index (χ2v) is 5.15. The molecule has 0 saturated carbocycles. The highest BCUT2D eigenvalue weighted by atomic mass is 35.5. The summed E-state index contributed by atoms with van der Waals surface area (Å²) in [6.45, 7) is 8.83. The lowest BCUT2D eigenvalue weighted by molar-refractivity contribution is 0.525. The second kappa shape index (κ2) is 5.55. The molecular weight excluding hydrogens is 204 g/mol. The smallest absolute Gasteiger partial charge is 0.0292 e. The second-order valence-electron chi connectivity index (χ2n) is 4.84. The predicted molar refractivity (Wildman–Crippen MR) is 68.8 cm³/mol. The van der Waals surface area contributed by atoms with E-state index in [1.807, 2.05) is 0 Å². The summed E-state index contributed by atoms with van der Waals surface area (Å²) >= 11 is 6.07. The SMILES string of the molecule is Cc1ccc(C)c(C(CCl)CC(C)C)c1. The van der Waals surface area contributed by atoms with E-state index in [0.29, 0.717) is 11.8 Å². The summed E-state index contributed by atoms with van der Waals surface area (Å²) in [7, 11) is 0. The van der Waals surface area contributed by atoms with Gasteiger partial charge in [-0.05, 0) is 43.2 Å². The zero-order chi connectivity index (χ0) is 11.4. The monoisotopic (exact) mass is 224 g/mol. The van der Waals surface area contributed by atoms with Crippen molar-refractivity contribution in [2.75, 3.05) is 5.88 Å². The Balaban J connectivity index is 2.95. The van der Waals surface area contributed by atoms with Crippen LogP contribution in [0.3, 0.4) is 0 Å². The van der Waals surface area contributed by atoms with Crippen LogP contribution in [0, 0.1) is 19.8 Å². The van der Waals surface area contributed by atoms with Gasteiger partial charge in [-0.2, -0.15) is 0 Å². The quantitative estimate of drug-likeness (QED) is 0.652. The van der Waals surface area contributed by atoms with Crippen molar-refractivity contribution in [2.24, 2.45) is 5.92 Å². The summed E-state index contributed by atoms with van der Waals surface area (Å²) in [6, 6.07) is 6.65. The van der Waals surface area contributed by atoms with E-state index >= 15 is 0 Å². The van der Waals surface area contributed by atoms with Gasteiger partial charge in [0.15, 0.2) is 0 Å². The van der Waals surface area contributed by atoms with E-state index in [1.54, 1.807) is 0 Å². The lowest BCUT2D eigenvalue weighted by Gasteiger charge is -2.19. The third kappa shape index (κ3) is 3.53. The minimum absolute atomic E-state index is 0.506. The maximum absolute atomic E-state index is 6.07. The topological polar surface area (TPSA) is 0 Å². The van der Waals surface area contributed by atoms with Crippen LogP contribution in [-0.4, -0.2) is 5.88 Å². The van der Waals surface area contributed by atoms with Crippen molar-refractivity contribution in [2.45, 2.75) is 40.0 Å². The Morgan fingerprint density at radius 3 is 2.40 bits per heavy atom. The van der Waals surface area contributed by atoms with Gasteiger partial charge in [0.2, 0.25) is 0 Å². The molecule has 1 atom stereocenters. The van der Waals surface area contributed by atoms with Crippen molar-refractivity contribution in [1.29, 1.82) is 0 Å². The first-order valence-electron chi connectivity index (χ1n) is 5.67. The highest BCUT2D eigenvalue weighted by molar-refractivity contribution is 6.18.